The Labute approximate surface area is 132 Å². The summed E-state index contributed by atoms with van der Waals surface area (Å²) in [6.45, 7) is 1.90. The summed E-state index contributed by atoms with van der Waals surface area (Å²) in [6, 6.07) is 7.23. The van der Waals surface area contributed by atoms with Gasteiger partial charge in [0.05, 0.1) is 23.3 Å². The molecule has 1 aliphatic rings. The van der Waals surface area contributed by atoms with E-state index in [0.29, 0.717) is 0 Å². The highest BCUT2D eigenvalue weighted by atomic mass is 16.5. The fourth-order valence-electron chi connectivity index (χ4n) is 2.67. The van der Waals surface area contributed by atoms with Crippen LogP contribution in [0.1, 0.15) is 49.1 Å². The van der Waals surface area contributed by atoms with Gasteiger partial charge in [-0.25, -0.2) is 4.79 Å². The Morgan fingerprint density at radius 1 is 0.957 bits per heavy atom. The van der Waals surface area contributed by atoms with E-state index in [1.165, 1.54) is 30.3 Å². The lowest BCUT2D eigenvalue weighted by molar-refractivity contribution is 0.0526. The maximum absolute atomic E-state index is 12.7. The molecule has 2 aromatic rings. The third-order valence-corrected chi connectivity index (χ3v) is 3.74. The smallest absolute Gasteiger partial charge is 0.338 e. The van der Waals surface area contributed by atoms with Crippen LogP contribution in [0.4, 0.5) is 11.4 Å². The molecule has 4 N–H and O–H groups in total. The normalized spacial score (nSPS) is 12.6. The number of hydrogen-bond donors (Lipinski definition) is 2. The highest BCUT2D eigenvalue weighted by Crippen LogP contribution is 2.34. The average molecular weight is 310 g/mol. The minimum atomic E-state index is -0.554. The van der Waals surface area contributed by atoms with E-state index in [-0.39, 0.29) is 51.6 Å². The van der Waals surface area contributed by atoms with Crippen LogP contribution >= 0.6 is 0 Å². The van der Waals surface area contributed by atoms with Gasteiger partial charge < -0.3 is 16.2 Å². The predicted octanol–water partition coefficient (Wildman–Crippen LogP) is 1.80. The van der Waals surface area contributed by atoms with Gasteiger partial charge in [0, 0.05) is 22.5 Å². The van der Waals surface area contributed by atoms with Crippen molar-refractivity contribution in [2.24, 2.45) is 0 Å². The van der Waals surface area contributed by atoms with Crippen LogP contribution in [-0.4, -0.2) is 24.1 Å². The van der Waals surface area contributed by atoms with Crippen LogP contribution < -0.4 is 11.5 Å². The van der Waals surface area contributed by atoms with Crippen LogP contribution in [0.3, 0.4) is 0 Å². The standard InChI is InChI=1S/C17H14N2O4/c1-2-23-17(22)8-3-4-9-10(7-8)16(21)14-12(19)6-5-11(18)13(14)15(9)20/h3-7H,2,18-19H2,1H3. The van der Waals surface area contributed by atoms with Gasteiger partial charge in [0.1, 0.15) is 0 Å². The Morgan fingerprint density at radius 2 is 1.52 bits per heavy atom. The molecule has 0 radical (unpaired) electrons. The number of nitrogens with two attached hydrogens (primary N) is 2. The van der Waals surface area contributed by atoms with E-state index in [0.717, 1.165) is 0 Å². The second-order valence-electron chi connectivity index (χ2n) is 5.13. The fourth-order valence-corrected chi connectivity index (χ4v) is 2.67. The van der Waals surface area contributed by atoms with Crippen molar-refractivity contribution in [2.45, 2.75) is 6.92 Å². The van der Waals surface area contributed by atoms with Gasteiger partial charge in [0.25, 0.3) is 0 Å². The number of carbonyl (C=O) groups excluding carboxylic acids is 3. The first-order chi connectivity index (χ1) is 11.0. The zero-order valence-corrected chi connectivity index (χ0v) is 12.4. The van der Waals surface area contributed by atoms with Crippen molar-refractivity contribution in [1.82, 2.24) is 0 Å². The van der Waals surface area contributed by atoms with E-state index in [9.17, 15) is 14.4 Å². The molecule has 1 aliphatic carbocycles. The van der Waals surface area contributed by atoms with Crippen LogP contribution in [-0.2, 0) is 4.74 Å². The highest BCUT2D eigenvalue weighted by molar-refractivity contribution is 6.31. The lowest BCUT2D eigenvalue weighted by Gasteiger charge is -2.20. The molecule has 116 valence electrons. The number of esters is 1. The number of anilines is 2. The first kappa shape index (κ1) is 14.8. The molecule has 2 aromatic carbocycles. The summed E-state index contributed by atoms with van der Waals surface area (Å²) in [5.74, 6) is -1.36. The second-order valence-corrected chi connectivity index (χ2v) is 5.13. The van der Waals surface area contributed by atoms with Gasteiger partial charge in [-0.05, 0) is 37.3 Å². The summed E-state index contributed by atoms with van der Waals surface area (Å²) in [4.78, 5) is 37.2. The molecule has 0 fully saturated rings. The monoisotopic (exact) mass is 310 g/mol. The van der Waals surface area contributed by atoms with Crippen LogP contribution in [0.2, 0.25) is 0 Å². The zero-order valence-electron chi connectivity index (χ0n) is 12.4. The number of carbonyl (C=O) groups is 3. The lowest BCUT2D eigenvalue weighted by atomic mass is 9.82. The number of rotatable bonds is 2. The molecule has 3 rings (SSSR count). The molecule has 6 heteroatoms. The third kappa shape index (κ3) is 2.15. The number of ketones is 2. The molecular formula is C17H14N2O4. The van der Waals surface area contributed by atoms with Crippen molar-refractivity contribution in [1.29, 1.82) is 0 Å². The van der Waals surface area contributed by atoms with Crippen LogP contribution in [0.25, 0.3) is 0 Å². The van der Waals surface area contributed by atoms with Crippen molar-refractivity contribution in [3.8, 4) is 0 Å². The quantitative estimate of drug-likeness (QED) is 0.551. The first-order valence-corrected chi connectivity index (χ1v) is 7.04. The topological polar surface area (TPSA) is 112 Å². The van der Waals surface area contributed by atoms with Gasteiger partial charge in [0.15, 0.2) is 11.6 Å². The number of benzene rings is 2. The molecule has 6 nitrogen and oxygen atoms in total. The molecule has 0 unspecified atom stereocenters. The van der Waals surface area contributed by atoms with Gasteiger partial charge in [0.2, 0.25) is 0 Å². The maximum Gasteiger partial charge on any atom is 0.338 e. The first-order valence-electron chi connectivity index (χ1n) is 7.04. The Hall–Kier alpha value is -3.15. The van der Waals surface area contributed by atoms with Gasteiger partial charge in [-0.3, -0.25) is 9.59 Å². The van der Waals surface area contributed by atoms with Gasteiger partial charge in [-0.2, -0.15) is 0 Å². The average Bonchev–Trinajstić information content (AvgIpc) is 2.54. The second kappa shape index (κ2) is 5.24. The van der Waals surface area contributed by atoms with Crippen molar-refractivity contribution in [3.05, 3.63) is 58.1 Å². The van der Waals surface area contributed by atoms with E-state index in [1.54, 1.807) is 6.92 Å². The van der Waals surface area contributed by atoms with Crippen LogP contribution in [0.5, 0.6) is 0 Å². The maximum atomic E-state index is 12.7. The van der Waals surface area contributed by atoms with E-state index in [2.05, 4.69) is 0 Å². The molecule has 0 bridgehead atoms. The van der Waals surface area contributed by atoms with Gasteiger partial charge in [-0.15, -0.1) is 0 Å². The summed E-state index contributed by atoms with van der Waals surface area (Å²) in [5.41, 5.74) is 12.8. The van der Waals surface area contributed by atoms with E-state index >= 15 is 0 Å². The highest BCUT2D eigenvalue weighted by Gasteiger charge is 2.33. The van der Waals surface area contributed by atoms with Crippen molar-refractivity contribution in [3.63, 3.8) is 0 Å². The van der Waals surface area contributed by atoms with E-state index in [4.69, 9.17) is 16.2 Å². The minimum Gasteiger partial charge on any atom is -0.462 e. The summed E-state index contributed by atoms with van der Waals surface area (Å²) in [6.07, 6.45) is 0. The number of nitrogen functional groups attached to an aromatic ring is 2. The Balaban J connectivity index is 2.20. The Kier molecular flexibility index (Phi) is 3.37. The third-order valence-electron chi connectivity index (χ3n) is 3.74. The molecule has 0 heterocycles. The van der Waals surface area contributed by atoms with Crippen LogP contribution in [0.15, 0.2) is 30.3 Å². The SMILES string of the molecule is CCOC(=O)c1ccc2c(c1)C(=O)c1c(N)ccc(N)c1C2=O. The van der Waals surface area contributed by atoms with Crippen LogP contribution in [0, 0.1) is 0 Å². The number of hydrogen-bond acceptors (Lipinski definition) is 6. The molecule has 0 saturated heterocycles. The van der Waals surface area contributed by atoms with Gasteiger partial charge in [-0.1, -0.05) is 0 Å². The summed E-state index contributed by atoms with van der Waals surface area (Å²) >= 11 is 0. The van der Waals surface area contributed by atoms with Crippen molar-refractivity contribution < 1.29 is 19.1 Å². The molecule has 0 amide bonds. The predicted molar refractivity (Wildman–Crippen MR) is 84.5 cm³/mol. The van der Waals surface area contributed by atoms with Crippen molar-refractivity contribution in [2.75, 3.05) is 18.1 Å². The molecule has 23 heavy (non-hydrogen) atoms. The fraction of sp³-hybridized carbons (Fsp3) is 0.118. The Bertz CT molecular complexity index is 871. The summed E-state index contributed by atoms with van der Waals surface area (Å²) in [5, 5.41) is 0. The summed E-state index contributed by atoms with van der Waals surface area (Å²) < 4.78 is 4.91. The largest absolute Gasteiger partial charge is 0.462 e. The van der Waals surface area contributed by atoms with Gasteiger partial charge >= 0.3 is 5.97 Å². The molecule has 0 atom stereocenters. The summed E-state index contributed by atoms with van der Waals surface area (Å²) in [7, 11) is 0. The van der Waals surface area contributed by atoms with Crippen molar-refractivity contribution >= 4 is 28.9 Å². The molecular weight excluding hydrogens is 296 g/mol. The molecule has 0 aromatic heterocycles. The molecule has 0 spiro atoms. The number of fused-ring (bicyclic) bond motifs is 2. The molecule has 0 saturated carbocycles. The van der Waals surface area contributed by atoms with E-state index < -0.39 is 11.8 Å². The zero-order chi connectivity index (χ0) is 16.7. The minimum absolute atomic E-state index is 0.0866. The number of ether oxygens (including phenoxy) is 1. The lowest BCUT2D eigenvalue weighted by Crippen LogP contribution is -2.24. The Morgan fingerprint density at radius 3 is 2.09 bits per heavy atom. The van der Waals surface area contributed by atoms with E-state index in [1.807, 2.05) is 0 Å². The molecule has 0 aliphatic heterocycles.